The monoisotopic (exact) mass is 285 g/mol. The number of halogens is 1. The van der Waals surface area contributed by atoms with E-state index in [4.69, 9.17) is 10.6 Å². The SMILES string of the molecule is Cc1ccc2cccc(Oc3nc(NN)ncc3F)c2n1. The summed E-state index contributed by atoms with van der Waals surface area (Å²) in [6.45, 7) is 1.87. The number of pyridine rings is 1. The molecule has 0 spiro atoms. The Bertz CT molecular complexity index is 808. The van der Waals surface area contributed by atoms with Gasteiger partial charge in [-0.1, -0.05) is 18.2 Å². The highest BCUT2D eigenvalue weighted by atomic mass is 19.1. The van der Waals surface area contributed by atoms with Crippen molar-refractivity contribution in [3.8, 4) is 11.6 Å². The number of hydrogen-bond acceptors (Lipinski definition) is 6. The maximum atomic E-state index is 13.7. The number of nitrogens with two attached hydrogens (primary N) is 1. The van der Waals surface area contributed by atoms with Crippen molar-refractivity contribution in [1.82, 2.24) is 15.0 Å². The van der Waals surface area contributed by atoms with Crippen molar-refractivity contribution in [2.45, 2.75) is 6.92 Å². The largest absolute Gasteiger partial charge is 0.434 e. The molecular formula is C14H12FN5O. The highest BCUT2D eigenvalue weighted by Gasteiger charge is 2.12. The molecule has 2 aromatic heterocycles. The summed E-state index contributed by atoms with van der Waals surface area (Å²) in [7, 11) is 0. The van der Waals surface area contributed by atoms with Crippen LogP contribution in [0.4, 0.5) is 10.3 Å². The fourth-order valence-electron chi connectivity index (χ4n) is 1.90. The second-order valence-corrected chi connectivity index (χ2v) is 4.37. The van der Waals surface area contributed by atoms with Crippen molar-refractivity contribution in [3.05, 3.63) is 48.0 Å². The zero-order chi connectivity index (χ0) is 14.8. The summed E-state index contributed by atoms with van der Waals surface area (Å²) < 4.78 is 19.3. The van der Waals surface area contributed by atoms with Gasteiger partial charge in [-0.2, -0.15) is 9.37 Å². The quantitative estimate of drug-likeness (QED) is 0.568. The molecule has 3 aromatic rings. The summed E-state index contributed by atoms with van der Waals surface area (Å²) in [6, 6.07) is 9.22. The summed E-state index contributed by atoms with van der Waals surface area (Å²) in [5.74, 6) is 4.79. The van der Waals surface area contributed by atoms with E-state index in [1.807, 2.05) is 25.1 Å². The second kappa shape index (κ2) is 5.29. The summed E-state index contributed by atoms with van der Waals surface area (Å²) in [4.78, 5) is 11.9. The molecule has 0 saturated carbocycles. The van der Waals surface area contributed by atoms with Crippen molar-refractivity contribution < 1.29 is 9.13 Å². The molecule has 3 N–H and O–H groups in total. The van der Waals surface area contributed by atoms with Crippen LogP contribution in [0.25, 0.3) is 10.9 Å². The Morgan fingerprint density at radius 2 is 2.05 bits per heavy atom. The van der Waals surface area contributed by atoms with Gasteiger partial charge in [0, 0.05) is 11.1 Å². The summed E-state index contributed by atoms with van der Waals surface area (Å²) in [5, 5.41) is 0.893. The average molecular weight is 285 g/mol. The number of ether oxygens (including phenoxy) is 1. The van der Waals surface area contributed by atoms with Gasteiger partial charge in [0.1, 0.15) is 5.52 Å². The Morgan fingerprint density at radius 1 is 1.19 bits per heavy atom. The first kappa shape index (κ1) is 13.2. The topological polar surface area (TPSA) is 86.0 Å². The van der Waals surface area contributed by atoms with Gasteiger partial charge in [0.15, 0.2) is 5.75 Å². The summed E-state index contributed by atoms with van der Waals surface area (Å²) in [5.41, 5.74) is 3.72. The second-order valence-electron chi connectivity index (χ2n) is 4.37. The predicted octanol–water partition coefficient (Wildman–Crippen LogP) is 2.55. The van der Waals surface area contributed by atoms with Gasteiger partial charge in [0.2, 0.25) is 11.8 Å². The number of para-hydroxylation sites is 1. The fourth-order valence-corrected chi connectivity index (χ4v) is 1.90. The third-order valence-electron chi connectivity index (χ3n) is 2.87. The maximum absolute atomic E-state index is 13.7. The minimum Gasteiger partial charge on any atom is -0.434 e. The molecule has 3 rings (SSSR count). The first-order valence-corrected chi connectivity index (χ1v) is 6.21. The number of anilines is 1. The number of hydrazine groups is 1. The molecule has 0 aliphatic heterocycles. The van der Waals surface area contributed by atoms with E-state index >= 15 is 0 Å². The van der Waals surface area contributed by atoms with E-state index in [1.165, 1.54) is 0 Å². The first-order chi connectivity index (χ1) is 10.2. The molecule has 0 fully saturated rings. The molecule has 0 aliphatic rings. The summed E-state index contributed by atoms with van der Waals surface area (Å²) >= 11 is 0. The maximum Gasteiger partial charge on any atom is 0.260 e. The van der Waals surface area contributed by atoms with E-state index in [-0.39, 0.29) is 11.8 Å². The zero-order valence-electron chi connectivity index (χ0n) is 11.2. The first-order valence-electron chi connectivity index (χ1n) is 6.21. The van der Waals surface area contributed by atoms with E-state index in [0.29, 0.717) is 11.3 Å². The van der Waals surface area contributed by atoms with Crippen molar-refractivity contribution >= 4 is 16.9 Å². The van der Waals surface area contributed by atoms with Crippen LogP contribution in [-0.4, -0.2) is 15.0 Å². The summed E-state index contributed by atoms with van der Waals surface area (Å²) in [6.07, 6.45) is 0.987. The van der Waals surface area contributed by atoms with Crippen LogP contribution in [0.1, 0.15) is 5.69 Å². The Labute approximate surface area is 119 Å². The Morgan fingerprint density at radius 3 is 2.86 bits per heavy atom. The number of nitrogens with one attached hydrogen (secondary N) is 1. The lowest BCUT2D eigenvalue weighted by Gasteiger charge is -2.09. The van der Waals surface area contributed by atoms with Crippen LogP contribution >= 0.6 is 0 Å². The molecule has 6 nitrogen and oxygen atoms in total. The minimum atomic E-state index is -0.682. The molecular weight excluding hydrogens is 273 g/mol. The molecule has 0 saturated heterocycles. The molecule has 106 valence electrons. The fraction of sp³-hybridized carbons (Fsp3) is 0.0714. The molecule has 0 unspecified atom stereocenters. The number of nitrogens with zero attached hydrogens (tertiary/aromatic N) is 3. The minimum absolute atomic E-state index is 0.0655. The van der Waals surface area contributed by atoms with Crippen molar-refractivity contribution in [3.63, 3.8) is 0 Å². The van der Waals surface area contributed by atoms with Crippen LogP contribution < -0.4 is 16.0 Å². The lowest BCUT2D eigenvalue weighted by molar-refractivity contribution is 0.424. The molecule has 0 radical (unpaired) electrons. The van der Waals surface area contributed by atoms with Gasteiger partial charge in [-0.15, -0.1) is 0 Å². The number of hydrogen-bond donors (Lipinski definition) is 2. The van der Waals surface area contributed by atoms with Crippen molar-refractivity contribution in [1.29, 1.82) is 0 Å². The zero-order valence-corrected chi connectivity index (χ0v) is 11.2. The number of aryl methyl sites for hydroxylation is 1. The number of benzene rings is 1. The average Bonchev–Trinajstić information content (AvgIpc) is 2.50. The standard InChI is InChI=1S/C14H12FN5O/c1-8-5-6-9-3-2-4-11(12(9)18-8)21-13-10(15)7-17-14(19-13)20-16/h2-7H,16H2,1H3,(H,17,19,20). The Kier molecular flexibility index (Phi) is 3.33. The van der Waals surface area contributed by atoms with E-state index in [0.717, 1.165) is 17.3 Å². The molecule has 1 aromatic carbocycles. The van der Waals surface area contributed by atoms with Crippen LogP contribution in [0.5, 0.6) is 11.6 Å². The van der Waals surface area contributed by atoms with Crippen LogP contribution in [-0.2, 0) is 0 Å². The van der Waals surface area contributed by atoms with Crippen LogP contribution in [0.2, 0.25) is 0 Å². The lowest BCUT2D eigenvalue weighted by atomic mass is 10.2. The van der Waals surface area contributed by atoms with Gasteiger partial charge in [0.25, 0.3) is 5.88 Å². The van der Waals surface area contributed by atoms with E-state index in [9.17, 15) is 4.39 Å². The molecule has 0 bridgehead atoms. The van der Waals surface area contributed by atoms with Crippen molar-refractivity contribution in [2.24, 2.45) is 5.84 Å². The highest BCUT2D eigenvalue weighted by Crippen LogP contribution is 2.29. The normalized spacial score (nSPS) is 10.6. The molecule has 7 heteroatoms. The van der Waals surface area contributed by atoms with Gasteiger partial charge < -0.3 is 4.74 Å². The number of fused-ring (bicyclic) bond motifs is 1. The molecule has 21 heavy (non-hydrogen) atoms. The van der Waals surface area contributed by atoms with Crippen LogP contribution in [0.15, 0.2) is 36.5 Å². The van der Waals surface area contributed by atoms with Gasteiger partial charge >= 0.3 is 0 Å². The van der Waals surface area contributed by atoms with Gasteiger partial charge in [-0.3, -0.25) is 5.43 Å². The number of nitrogen functional groups attached to an aromatic ring is 1. The van der Waals surface area contributed by atoms with E-state index in [2.05, 4.69) is 20.4 Å². The third kappa shape index (κ3) is 2.59. The number of rotatable bonds is 3. The molecule has 0 aliphatic carbocycles. The van der Waals surface area contributed by atoms with Crippen LogP contribution in [0.3, 0.4) is 0 Å². The Balaban J connectivity index is 2.08. The molecule has 0 atom stereocenters. The van der Waals surface area contributed by atoms with Gasteiger partial charge in [0.05, 0.1) is 6.20 Å². The lowest BCUT2D eigenvalue weighted by Crippen LogP contribution is -2.11. The number of aromatic nitrogens is 3. The van der Waals surface area contributed by atoms with Gasteiger partial charge in [-0.25, -0.2) is 15.8 Å². The van der Waals surface area contributed by atoms with E-state index in [1.54, 1.807) is 12.1 Å². The third-order valence-corrected chi connectivity index (χ3v) is 2.87. The van der Waals surface area contributed by atoms with Crippen LogP contribution in [0, 0.1) is 12.7 Å². The molecule has 0 amide bonds. The predicted molar refractivity (Wildman–Crippen MR) is 76.4 cm³/mol. The van der Waals surface area contributed by atoms with Crippen molar-refractivity contribution in [2.75, 3.05) is 5.43 Å². The van der Waals surface area contributed by atoms with Gasteiger partial charge in [-0.05, 0) is 19.1 Å². The van der Waals surface area contributed by atoms with E-state index < -0.39 is 5.82 Å². The smallest absolute Gasteiger partial charge is 0.260 e. The highest BCUT2D eigenvalue weighted by molar-refractivity contribution is 5.84. The Hall–Kier alpha value is -2.80. The molecule has 2 heterocycles.